The van der Waals surface area contributed by atoms with Crippen LogP contribution in [0.15, 0.2) is 7.67 Å². The van der Waals surface area contributed by atoms with Crippen molar-refractivity contribution in [3.63, 3.8) is 0 Å². The van der Waals surface area contributed by atoms with E-state index in [-0.39, 0.29) is 6.10 Å². The SMILES string of the molecule is CCC[CH2][Sn](/[CH]=C(\I)[C@@H](O)CC)([CH2]CCC)[CH2]CCC. The van der Waals surface area contributed by atoms with Crippen LogP contribution in [0, 0.1) is 0 Å². The molecule has 120 valence electrons. The quantitative estimate of drug-likeness (QED) is 0.241. The van der Waals surface area contributed by atoms with E-state index < -0.39 is 18.4 Å². The molecule has 0 aliphatic heterocycles. The Hall–Kier alpha value is 1.23. The Bertz CT molecular complexity index is 244. The van der Waals surface area contributed by atoms with Gasteiger partial charge >= 0.3 is 146 Å². The van der Waals surface area contributed by atoms with E-state index in [1.165, 1.54) is 55.4 Å². The first-order valence-corrected chi connectivity index (χ1v) is 17.4. The van der Waals surface area contributed by atoms with Gasteiger partial charge in [0.15, 0.2) is 0 Å². The topological polar surface area (TPSA) is 20.2 Å². The first kappa shape index (κ1) is 21.2. The minimum absolute atomic E-state index is 0.212. The zero-order valence-electron chi connectivity index (χ0n) is 14.1. The van der Waals surface area contributed by atoms with E-state index >= 15 is 0 Å². The van der Waals surface area contributed by atoms with Crippen molar-refractivity contribution in [1.82, 2.24) is 0 Å². The van der Waals surface area contributed by atoms with Crippen molar-refractivity contribution in [2.45, 2.75) is 92.1 Å². The Morgan fingerprint density at radius 1 is 0.950 bits per heavy atom. The molecule has 1 N–H and O–H groups in total. The summed E-state index contributed by atoms with van der Waals surface area (Å²) in [5.41, 5.74) is 0. The fraction of sp³-hybridized carbons (Fsp3) is 0.882. The van der Waals surface area contributed by atoms with Gasteiger partial charge in [-0.05, 0) is 0 Å². The molecule has 0 aliphatic rings. The van der Waals surface area contributed by atoms with Crippen molar-refractivity contribution in [1.29, 1.82) is 0 Å². The van der Waals surface area contributed by atoms with Gasteiger partial charge in [0.05, 0.1) is 0 Å². The van der Waals surface area contributed by atoms with E-state index in [9.17, 15) is 5.11 Å². The van der Waals surface area contributed by atoms with Gasteiger partial charge in [-0.15, -0.1) is 0 Å². The van der Waals surface area contributed by atoms with Gasteiger partial charge in [-0.2, -0.15) is 0 Å². The molecule has 0 saturated heterocycles. The molecule has 3 heteroatoms. The molecule has 0 heterocycles. The first-order valence-electron chi connectivity index (χ1n) is 8.61. The molecular formula is C17H35IOSn. The molecule has 0 fully saturated rings. The molecule has 0 aromatic carbocycles. The van der Waals surface area contributed by atoms with Crippen molar-refractivity contribution in [2.24, 2.45) is 0 Å². The third-order valence-corrected chi connectivity index (χ3v) is 21.1. The molecule has 0 amide bonds. The van der Waals surface area contributed by atoms with Crippen LogP contribution in [0.3, 0.4) is 0 Å². The summed E-state index contributed by atoms with van der Waals surface area (Å²) in [6, 6.07) is 0. The van der Waals surface area contributed by atoms with Gasteiger partial charge in [0.2, 0.25) is 0 Å². The molecule has 0 aliphatic carbocycles. The number of aliphatic hydroxyl groups is 1. The zero-order chi connectivity index (χ0) is 15.4. The Labute approximate surface area is 145 Å². The monoisotopic (exact) mass is 502 g/mol. The van der Waals surface area contributed by atoms with Crippen molar-refractivity contribution < 1.29 is 5.11 Å². The summed E-state index contributed by atoms with van der Waals surface area (Å²) in [7, 11) is 0. The van der Waals surface area contributed by atoms with E-state index in [1.54, 1.807) is 0 Å². The summed E-state index contributed by atoms with van der Waals surface area (Å²) in [6.07, 6.45) is 8.78. The Kier molecular flexibility index (Phi) is 13.5. The second-order valence-corrected chi connectivity index (χ2v) is 20.3. The van der Waals surface area contributed by atoms with Gasteiger partial charge in [0.1, 0.15) is 0 Å². The van der Waals surface area contributed by atoms with Crippen LogP contribution in [0.2, 0.25) is 13.3 Å². The molecule has 0 spiro atoms. The Morgan fingerprint density at radius 3 is 1.65 bits per heavy atom. The number of hydrogen-bond acceptors (Lipinski definition) is 1. The molecule has 0 unspecified atom stereocenters. The van der Waals surface area contributed by atoms with Gasteiger partial charge < -0.3 is 0 Å². The molecule has 20 heavy (non-hydrogen) atoms. The second kappa shape index (κ2) is 12.7. The third kappa shape index (κ3) is 8.62. The van der Waals surface area contributed by atoms with E-state index in [0.717, 1.165) is 6.42 Å². The number of unbranched alkanes of at least 4 members (excludes halogenated alkanes) is 3. The van der Waals surface area contributed by atoms with Crippen LogP contribution in [0.5, 0.6) is 0 Å². The molecule has 0 rings (SSSR count). The average molecular weight is 501 g/mol. The third-order valence-electron chi connectivity index (χ3n) is 4.23. The maximum atomic E-state index is 10.1. The number of halogens is 1. The predicted molar refractivity (Wildman–Crippen MR) is 103 cm³/mol. The fourth-order valence-electron chi connectivity index (χ4n) is 2.76. The molecule has 0 aromatic rings. The summed E-state index contributed by atoms with van der Waals surface area (Å²) < 4.78 is 8.38. The summed E-state index contributed by atoms with van der Waals surface area (Å²) in [4.78, 5) is 0. The number of aliphatic hydroxyl groups excluding tert-OH is 1. The molecular weight excluding hydrogens is 466 g/mol. The van der Waals surface area contributed by atoms with Gasteiger partial charge in [-0.3, -0.25) is 0 Å². The zero-order valence-corrected chi connectivity index (χ0v) is 19.1. The summed E-state index contributed by atoms with van der Waals surface area (Å²) in [5, 5.41) is 10.1. The molecule has 1 atom stereocenters. The van der Waals surface area contributed by atoms with E-state index in [4.69, 9.17) is 0 Å². The van der Waals surface area contributed by atoms with Crippen molar-refractivity contribution in [2.75, 3.05) is 0 Å². The second-order valence-electron chi connectivity index (χ2n) is 6.13. The van der Waals surface area contributed by atoms with E-state index in [1.807, 2.05) is 0 Å². The average Bonchev–Trinajstić information content (AvgIpc) is 2.47. The Morgan fingerprint density at radius 2 is 1.35 bits per heavy atom. The van der Waals surface area contributed by atoms with Crippen LogP contribution in [0.25, 0.3) is 0 Å². The van der Waals surface area contributed by atoms with Crippen molar-refractivity contribution in [3.8, 4) is 0 Å². The van der Waals surface area contributed by atoms with Crippen molar-refractivity contribution in [3.05, 3.63) is 7.67 Å². The first-order chi connectivity index (χ1) is 9.55. The Balaban J connectivity index is 5.10. The molecule has 0 aromatic heterocycles. The van der Waals surface area contributed by atoms with Crippen LogP contribution in [0.4, 0.5) is 0 Å². The normalized spacial score (nSPS) is 14.6. The molecule has 0 radical (unpaired) electrons. The van der Waals surface area contributed by atoms with E-state index in [2.05, 4.69) is 54.4 Å². The van der Waals surface area contributed by atoms with E-state index in [0.29, 0.717) is 0 Å². The van der Waals surface area contributed by atoms with Gasteiger partial charge in [-0.25, -0.2) is 0 Å². The summed E-state index contributed by atoms with van der Waals surface area (Å²) >= 11 is 0.233. The number of rotatable bonds is 12. The fourth-order valence-corrected chi connectivity index (χ4v) is 22.3. The maximum absolute atomic E-state index is 10.1. The van der Waals surface area contributed by atoms with Crippen LogP contribution in [0.1, 0.15) is 72.6 Å². The minimum atomic E-state index is -2.18. The number of hydrogen-bond donors (Lipinski definition) is 1. The molecule has 1 nitrogen and oxygen atoms in total. The van der Waals surface area contributed by atoms with Crippen LogP contribution in [-0.4, -0.2) is 29.6 Å². The standard InChI is InChI=1S/C5H8IO.3C4H9.Sn/c1-3-5(7)4(2)6;3*1-3-4-2;/h2,5,7H,3H2,1H3;3*1,3-4H2,2H3;/t5-;;;;/m0..../s1. The predicted octanol–water partition coefficient (Wildman–Crippen LogP) is 6.46. The molecule has 0 saturated carbocycles. The van der Waals surface area contributed by atoms with Crippen LogP contribution >= 0.6 is 22.6 Å². The van der Waals surface area contributed by atoms with Gasteiger partial charge in [-0.1, -0.05) is 0 Å². The molecule has 0 bridgehead atoms. The summed E-state index contributed by atoms with van der Waals surface area (Å²) in [6.45, 7) is 9.02. The van der Waals surface area contributed by atoms with Crippen molar-refractivity contribution >= 4 is 41.0 Å². The summed E-state index contributed by atoms with van der Waals surface area (Å²) in [5.74, 6) is 0. The van der Waals surface area contributed by atoms with Crippen LogP contribution in [-0.2, 0) is 0 Å². The van der Waals surface area contributed by atoms with Crippen LogP contribution < -0.4 is 0 Å². The van der Waals surface area contributed by atoms with Gasteiger partial charge in [0, 0.05) is 0 Å². The van der Waals surface area contributed by atoms with Gasteiger partial charge in [0.25, 0.3) is 0 Å².